The van der Waals surface area contributed by atoms with Gasteiger partial charge in [-0.15, -0.1) is 11.3 Å². The van der Waals surface area contributed by atoms with Crippen LogP contribution in [0.5, 0.6) is 5.75 Å². The van der Waals surface area contributed by atoms with Gasteiger partial charge in [-0.2, -0.15) is 5.10 Å². The molecule has 0 saturated carbocycles. The molecular formula is C15H24N4OS. The lowest BCUT2D eigenvalue weighted by atomic mass is 10.1. The lowest BCUT2D eigenvalue weighted by Crippen LogP contribution is -2.30. The van der Waals surface area contributed by atoms with E-state index in [1.807, 2.05) is 4.68 Å². The summed E-state index contributed by atoms with van der Waals surface area (Å²) in [6.07, 6.45) is 4.86. The monoisotopic (exact) mass is 308 g/mol. The van der Waals surface area contributed by atoms with Gasteiger partial charge >= 0.3 is 0 Å². The molecule has 5 nitrogen and oxygen atoms in total. The quantitative estimate of drug-likeness (QED) is 0.581. The average Bonchev–Trinajstić information content (AvgIpc) is 3.12. The number of thiophene rings is 1. The van der Waals surface area contributed by atoms with Crippen LogP contribution in [-0.4, -0.2) is 16.9 Å². The molecule has 2 rings (SSSR count). The van der Waals surface area contributed by atoms with Crippen LogP contribution < -0.4 is 16.0 Å². The number of nitrogens with zero attached hydrogens (tertiary/aromatic N) is 2. The molecule has 0 radical (unpaired) electrons. The molecule has 0 aromatic carbocycles. The van der Waals surface area contributed by atoms with Gasteiger partial charge < -0.3 is 4.74 Å². The molecule has 6 heteroatoms. The van der Waals surface area contributed by atoms with E-state index in [1.165, 1.54) is 4.88 Å². The molecule has 2 aromatic heterocycles. The van der Waals surface area contributed by atoms with Crippen molar-refractivity contribution >= 4 is 11.3 Å². The van der Waals surface area contributed by atoms with Crippen LogP contribution in [0.15, 0.2) is 23.7 Å². The maximum Gasteiger partial charge on any atom is 0.161 e. The Morgan fingerprint density at radius 1 is 1.48 bits per heavy atom. The number of rotatable bonds is 8. The summed E-state index contributed by atoms with van der Waals surface area (Å²) in [4.78, 5) is 1.41. The standard InChI is InChI=1S/C15H24N4OS/c1-11(2)19-15(14(20-3)10-17-19)13(18-16)8-4-6-12-7-5-9-21-12/h5,7,9-11,13,18H,4,6,8,16H2,1-3H3. The summed E-state index contributed by atoms with van der Waals surface area (Å²) in [7, 11) is 1.67. The third kappa shape index (κ3) is 3.84. The third-order valence-electron chi connectivity index (χ3n) is 3.54. The van der Waals surface area contributed by atoms with Crippen molar-refractivity contribution in [2.45, 2.75) is 45.2 Å². The van der Waals surface area contributed by atoms with E-state index in [9.17, 15) is 0 Å². The van der Waals surface area contributed by atoms with Gasteiger partial charge in [0.05, 0.1) is 25.0 Å². The zero-order valence-corrected chi connectivity index (χ0v) is 13.7. The molecular weight excluding hydrogens is 284 g/mol. The largest absolute Gasteiger partial charge is 0.493 e. The summed E-state index contributed by atoms with van der Waals surface area (Å²) in [6.45, 7) is 4.21. The predicted molar refractivity (Wildman–Crippen MR) is 86.5 cm³/mol. The number of hydrogen-bond acceptors (Lipinski definition) is 5. The highest BCUT2D eigenvalue weighted by Gasteiger charge is 2.22. The summed E-state index contributed by atoms with van der Waals surface area (Å²) >= 11 is 1.80. The van der Waals surface area contributed by atoms with Crippen LogP contribution in [0.25, 0.3) is 0 Å². The molecule has 0 aliphatic carbocycles. The molecule has 0 fully saturated rings. The lowest BCUT2D eigenvalue weighted by Gasteiger charge is -2.20. The highest BCUT2D eigenvalue weighted by Crippen LogP contribution is 2.30. The normalized spacial score (nSPS) is 12.8. The second-order valence-electron chi connectivity index (χ2n) is 5.33. The van der Waals surface area contributed by atoms with E-state index in [1.54, 1.807) is 24.6 Å². The molecule has 0 aliphatic rings. The summed E-state index contributed by atoms with van der Waals surface area (Å²) in [6, 6.07) is 4.59. The van der Waals surface area contributed by atoms with Gasteiger partial charge in [-0.1, -0.05) is 6.07 Å². The summed E-state index contributed by atoms with van der Waals surface area (Å²) < 4.78 is 7.42. The summed E-state index contributed by atoms with van der Waals surface area (Å²) in [5.41, 5.74) is 3.95. The van der Waals surface area contributed by atoms with Gasteiger partial charge in [0.1, 0.15) is 0 Å². The van der Waals surface area contributed by atoms with Gasteiger partial charge in [-0.05, 0) is 44.6 Å². The van der Waals surface area contributed by atoms with Crippen molar-refractivity contribution in [3.05, 3.63) is 34.3 Å². The third-order valence-corrected chi connectivity index (χ3v) is 4.47. The number of nitrogens with two attached hydrogens (primary N) is 1. The first-order valence-electron chi connectivity index (χ1n) is 7.27. The van der Waals surface area contributed by atoms with E-state index in [2.05, 4.69) is 41.9 Å². The Balaban J connectivity index is 2.07. The van der Waals surface area contributed by atoms with Crippen LogP contribution in [0, 0.1) is 0 Å². The Morgan fingerprint density at radius 2 is 2.29 bits per heavy atom. The second kappa shape index (κ2) is 7.59. The fourth-order valence-electron chi connectivity index (χ4n) is 2.49. The van der Waals surface area contributed by atoms with E-state index in [0.29, 0.717) is 0 Å². The number of aromatic nitrogens is 2. The van der Waals surface area contributed by atoms with Crippen LogP contribution in [0.1, 0.15) is 49.3 Å². The molecule has 1 unspecified atom stereocenters. The van der Waals surface area contributed by atoms with Crippen molar-refractivity contribution < 1.29 is 4.74 Å². The zero-order valence-electron chi connectivity index (χ0n) is 12.9. The molecule has 0 amide bonds. The Bertz CT molecular complexity index is 536. The number of methoxy groups -OCH3 is 1. The lowest BCUT2D eigenvalue weighted by molar-refractivity contribution is 0.376. The second-order valence-corrected chi connectivity index (χ2v) is 6.36. The van der Waals surface area contributed by atoms with Crippen molar-refractivity contribution in [1.82, 2.24) is 15.2 Å². The smallest absolute Gasteiger partial charge is 0.161 e. The molecule has 2 aromatic rings. The Hall–Kier alpha value is -1.37. The first-order valence-corrected chi connectivity index (χ1v) is 8.15. The molecule has 2 heterocycles. The molecule has 21 heavy (non-hydrogen) atoms. The Morgan fingerprint density at radius 3 is 2.86 bits per heavy atom. The number of nitrogens with one attached hydrogen (secondary N) is 1. The minimum atomic E-state index is 0.0461. The van der Waals surface area contributed by atoms with Crippen LogP contribution in [0.2, 0.25) is 0 Å². The van der Waals surface area contributed by atoms with E-state index in [-0.39, 0.29) is 12.1 Å². The van der Waals surface area contributed by atoms with Crippen LogP contribution in [0.4, 0.5) is 0 Å². The minimum absolute atomic E-state index is 0.0461. The first-order chi connectivity index (χ1) is 10.2. The number of hydrogen-bond donors (Lipinski definition) is 2. The van der Waals surface area contributed by atoms with Crippen LogP contribution in [0.3, 0.4) is 0 Å². The maximum absolute atomic E-state index is 5.77. The van der Waals surface area contributed by atoms with Crippen molar-refractivity contribution in [2.24, 2.45) is 5.84 Å². The van der Waals surface area contributed by atoms with Crippen molar-refractivity contribution in [3.8, 4) is 5.75 Å². The fourth-order valence-corrected chi connectivity index (χ4v) is 3.24. The Labute approximate surface area is 130 Å². The van der Waals surface area contributed by atoms with Gasteiger partial charge in [0.15, 0.2) is 5.75 Å². The summed E-state index contributed by atoms with van der Waals surface area (Å²) in [5.74, 6) is 6.57. The molecule has 0 saturated heterocycles. The maximum atomic E-state index is 5.77. The fraction of sp³-hybridized carbons (Fsp3) is 0.533. The average molecular weight is 308 g/mol. The van der Waals surface area contributed by atoms with E-state index in [4.69, 9.17) is 10.6 Å². The number of ether oxygens (including phenoxy) is 1. The van der Waals surface area contributed by atoms with Crippen molar-refractivity contribution in [3.63, 3.8) is 0 Å². The molecule has 1 atom stereocenters. The van der Waals surface area contributed by atoms with Gasteiger partial charge in [-0.3, -0.25) is 16.0 Å². The Kier molecular flexibility index (Phi) is 5.78. The van der Waals surface area contributed by atoms with E-state index >= 15 is 0 Å². The van der Waals surface area contributed by atoms with Gasteiger partial charge in [0.25, 0.3) is 0 Å². The topological polar surface area (TPSA) is 65.1 Å². The van der Waals surface area contributed by atoms with E-state index < -0.39 is 0 Å². The SMILES string of the molecule is COc1cnn(C(C)C)c1C(CCCc1cccs1)NN. The molecule has 3 N–H and O–H groups in total. The van der Waals surface area contributed by atoms with Crippen LogP contribution >= 0.6 is 11.3 Å². The highest BCUT2D eigenvalue weighted by atomic mass is 32.1. The predicted octanol–water partition coefficient (Wildman–Crippen LogP) is 3.06. The highest BCUT2D eigenvalue weighted by molar-refractivity contribution is 7.09. The van der Waals surface area contributed by atoms with Gasteiger partial charge in [0.2, 0.25) is 0 Å². The van der Waals surface area contributed by atoms with E-state index in [0.717, 1.165) is 30.7 Å². The zero-order chi connectivity index (χ0) is 15.2. The van der Waals surface area contributed by atoms with Gasteiger partial charge in [-0.25, -0.2) is 0 Å². The van der Waals surface area contributed by atoms with Gasteiger partial charge in [0, 0.05) is 10.9 Å². The number of hydrazine groups is 1. The van der Waals surface area contributed by atoms with Crippen LogP contribution in [-0.2, 0) is 6.42 Å². The minimum Gasteiger partial charge on any atom is -0.493 e. The molecule has 0 aliphatic heterocycles. The van der Waals surface area contributed by atoms with Crippen molar-refractivity contribution in [1.29, 1.82) is 0 Å². The number of aryl methyl sites for hydroxylation is 1. The molecule has 0 spiro atoms. The molecule has 116 valence electrons. The summed E-state index contributed by atoms with van der Waals surface area (Å²) in [5, 5.41) is 6.53. The first kappa shape index (κ1) is 16.0. The van der Waals surface area contributed by atoms with Crippen molar-refractivity contribution in [2.75, 3.05) is 7.11 Å². The molecule has 0 bridgehead atoms.